The Hall–Kier alpha value is -4.60. The maximum Gasteiger partial charge on any atom is 0.365 e. The third-order valence-corrected chi connectivity index (χ3v) is 4.86. The van der Waals surface area contributed by atoms with Crippen molar-refractivity contribution in [2.75, 3.05) is 0 Å². The number of benzene rings is 2. The number of aromatic amines is 1. The van der Waals surface area contributed by atoms with Crippen LogP contribution in [0.3, 0.4) is 0 Å². The first kappa shape index (κ1) is 19.4. The van der Waals surface area contributed by atoms with E-state index in [-0.39, 0.29) is 5.56 Å². The molecule has 0 unspecified atom stereocenters. The molecule has 158 valence electrons. The van der Waals surface area contributed by atoms with Crippen LogP contribution in [0.4, 0.5) is 0 Å². The van der Waals surface area contributed by atoms with Crippen LogP contribution in [0.25, 0.3) is 22.3 Å². The molecule has 0 radical (unpaired) electrons. The molecule has 0 spiro atoms. The highest BCUT2D eigenvalue weighted by molar-refractivity contribution is 5.92. The Bertz CT molecular complexity index is 1480. The summed E-state index contributed by atoms with van der Waals surface area (Å²) >= 11 is 0. The van der Waals surface area contributed by atoms with Gasteiger partial charge in [0.05, 0.1) is 29.5 Å². The fraction of sp³-hybridized carbons (Fsp3) is 0.0909. The number of carbonyl (C=O) groups is 1. The summed E-state index contributed by atoms with van der Waals surface area (Å²) in [6.07, 6.45) is 1.48. The Kier molecular flexibility index (Phi) is 4.79. The summed E-state index contributed by atoms with van der Waals surface area (Å²) in [6, 6.07) is 17.5. The average molecular weight is 427 g/mol. The molecule has 5 aromatic rings. The van der Waals surface area contributed by atoms with Crippen molar-refractivity contribution in [2.24, 2.45) is 0 Å². The van der Waals surface area contributed by atoms with Gasteiger partial charge in [0.15, 0.2) is 0 Å². The second-order valence-electron chi connectivity index (χ2n) is 7.17. The van der Waals surface area contributed by atoms with Crippen molar-refractivity contribution in [1.82, 2.24) is 35.1 Å². The summed E-state index contributed by atoms with van der Waals surface area (Å²) in [4.78, 5) is 30.6. The smallest absolute Gasteiger partial charge is 0.312 e. The summed E-state index contributed by atoms with van der Waals surface area (Å²) in [5.41, 5.74) is 3.64. The summed E-state index contributed by atoms with van der Waals surface area (Å²) in [5, 5.41) is 20.3. The molecule has 32 heavy (non-hydrogen) atoms. The molecule has 0 saturated heterocycles. The van der Waals surface area contributed by atoms with E-state index in [1.807, 2.05) is 31.2 Å². The van der Waals surface area contributed by atoms with Crippen molar-refractivity contribution < 1.29 is 9.63 Å². The van der Waals surface area contributed by atoms with Crippen LogP contribution in [0.15, 0.2) is 71.7 Å². The highest BCUT2D eigenvalue weighted by Crippen LogP contribution is 2.25. The van der Waals surface area contributed by atoms with Crippen molar-refractivity contribution in [3.8, 4) is 11.4 Å². The van der Waals surface area contributed by atoms with Gasteiger partial charge in [-0.25, -0.2) is 9.48 Å². The summed E-state index contributed by atoms with van der Waals surface area (Å²) in [6.45, 7) is 2.16. The fourth-order valence-corrected chi connectivity index (χ4v) is 3.31. The van der Waals surface area contributed by atoms with Crippen LogP contribution < -0.4 is 10.4 Å². The quantitative estimate of drug-likeness (QED) is 0.426. The van der Waals surface area contributed by atoms with Gasteiger partial charge in [-0.15, -0.1) is 5.10 Å². The Morgan fingerprint density at radius 2 is 1.94 bits per heavy atom. The van der Waals surface area contributed by atoms with Crippen molar-refractivity contribution >= 4 is 16.9 Å². The molecule has 2 aromatic carbocycles. The SMILES string of the molecule is Cc1ccc(=O)n(Cc2ccc3[nH]nc(-c4cn(OC(=O)c5ccccc5)nn4)c3c2)n1. The molecule has 10 heteroatoms. The maximum absolute atomic E-state index is 12.2. The number of nitrogens with zero attached hydrogens (tertiary/aromatic N) is 6. The normalized spacial score (nSPS) is 11.0. The molecule has 0 aliphatic carbocycles. The topological polar surface area (TPSA) is 121 Å². The maximum atomic E-state index is 12.2. The summed E-state index contributed by atoms with van der Waals surface area (Å²) in [7, 11) is 0. The van der Waals surface area contributed by atoms with Gasteiger partial charge in [0.25, 0.3) is 5.56 Å². The van der Waals surface area contributed by atoms with Gasteiger partial charge in [-0.1, -0.05) is 29.1 Å². The van der Waals surface area contributed by atoms with Gasteiger partial charge < -0.3 is 4.84 Å². The van der Waals surface area contributed by atoms with E-state index in [0.29, 0.717) is 23.5 Å². The lowest BCUT2D eigenvalue weighted by Crippen LogP contribution is -2.22. The Morgan fingerprint density at radius 1 is 1.09 bits per heavy atom. The molecule has 0 amide bonds. The van der Waals surface area contributed by atoms with Gasteiger partial charge in [0.2, 0.25) is 0 Å². The van der Waals surface area contributed by atoms with Gasteiger partial charge in [0, 0.05) is 11.5 Å². The number of hydrogen-bond acceptors (Lipinski definition) is 7. The second-order valence-corrected chi connectivity index (χ2v) is 7.17. The molecule has 3 aromatic heterocycles. The minimum Gasteiger partial charge on any atom is -0.312 e. The van der Waals surface area contributed by atoms with Crippen molar-refractivity contribution in [3.05, 3.63) is 94.0 Å². The van der Waals surface area contributed by atoms with Crippen molar-refractivity contribution in [3.63, 3.8) is 0 Å². The fourth-order valence-electron chi connectivity index (χ4n) is 3.31. The van der Waals surface area contributed by atoms with E-state index in [9.17, 15) is 9.59 Å². The summed E-state index contributed by atoms with van der Waals surface area (Å²) < 4.78 is 1.41. The number of carbonyl (C=O) groups excluding carboxylic acids is 1. The highest BCUT2D eigenvalue weighted by atomic mass is 16.7. The van der Waals surface area contributed by atoms with Gasteiger partial charge in [0.1, 0.15) is 11.4 Å². The lowest BCUT2D eigenvalue weighted by Gasteiger charge is -2.05. The molecule has 0 aliphatic rings. The standard InChI is InChI=1S/C22H17N7O3/c1-14-7-10-20(30)28(26-14)12-15-8-9-18-17(11-15)21(25-23-18)19-13-29(27-24-19)32-22(31)16-5-3-2-4-6-16/h2-11,13H,12H2,1H3,(H,23,25). The van der Waals surface area contributed by atoms with Crippen LogP contribution in [0.1, 0.15) is 21.6 Å². The largest absolute Gasteiger partial charge is 0.365 e. The number of aryl methyl sites for hydroxylation is 1. The Balaban J connectivity index is 1.42. The van der Waals surface area contributed by atoms with Crippen LogP contribution in [0.5, 0.6) is 0 Å². The molecule has 10 nitrogen and oxygen atoms in total. The molecule has 0 bridgehead atoms. The van der Waals surface area contributed by atoms with E-state index in [2.05, 4.69) is 25.6 Å². The zero-order valence-corrected chi connectivity index (χ0v) is 17.0. The van der Waals surface area contributed by atoms with Gasteiger partial charge >= 0.3 is 5.97 Å². The van der Waals surface area contributed by atoms with Crippen molar-refractivity contribution in [1.29, 1.82) is 0 Å². The predicted molar refractivity (Wildman–Crippen MR) is 115 cm³/mol. The van der Waals surface area contributed by atoms with Gasteiger partial charge in [-0.05, 0) is 48.0 Å². The zero-order chi connectivity index (χ0) is 22.1. The number of hydrogen-bond donors (Lipinski definition) is 1. The number of H-pyrrole nitrogens is 1. The third kappa shape index (κ3) is 3.76. The molecule has 3 heterocycles. The molecular formula is C22H17N7O3. The molecule has 5 rings (SSSR count). The molecule has 1 N–H and O–H groups in total. The minimum atomic E-state index is -0.549. The number of aromatic nitrogens is 7. The van der Waals surface area contributed by atoms with Crippen LogP contribution in [0, 0.1) is 6.92 Å². The number of nitrogens with one attached hydrogen (secondary N) is 1. The minimum absolute atomic E-state index is 0.175. The van der Waals surface area contributed by atoms with Crippen LogP contribution in [-0.4, -0.2) is 41.1 Å². The monoisotopic (exact) mass is 427 g/mol. The van der Waals surface area contributed by atoms with E-state index in [0.717, 1.165) is 27.0 Å². The summed E-state index contributed by atoms with van der Waals surface area (Å²) in [5.74, 6) is -0.549. The first-order chi connectivity index (χ1) is 15.6. The molecule has 0 atom stereocenters. The first-order valence-corrected chi connectivity index (χ1v) is 9.79. The van der Waals surface area contributed by atoms with Crippen LogP contribution >= 0.6 is 0 Å². The van der Waals surface area contributed by atoms with E-state index < -0.39 is 5.97 Å². The van der Waals surface area contributed by atoms with Gasteiger partial charge in [-0.3, -0.25) is 9.89 Å². The van der Waals surface area contributed by atoms with Crippen LogP contribution in [0.2, 0.25) is 0 Å². The Morgan fingerprint density at radius 3 is 2.78 bits per heavy atom. The van der Waals surface area contributed by atoms with E-state index in [1.165, 1.54) is 16.9 Å². The highest BCUT2D eigenvalue weighted by Gasteiger charge is 2.15. The lowest BCUT2D eigenvalue weighted by molar-refractivity contribution is 0.0384. The second kappa shape index (κ2) is 7.91. The predicted octanol–water partition coefficient (Wildman–Crippen LogP) is 2.00. The lowest BCUT2D eigenvalue weighted by atomic mass is 10.1. The van der Waals surface area contributed by atoms with E-state index in [1.54, 1.807) is 30.3 Å². The first-order valence-electron chi connectivity index (χ1n) is 9.79. The zero-order valence-electron chi connectivity index (χ0n) is 17.0. The third-order valence-electron chi connectivity index (χ3n) is 4.86. The Labute approximate surface area is 181 Å². The van der Waals surface area contributed by atoms with E-state index in [4.69, 9.17) is 4.84 Å². The van der Waals surface area contributed by atoms with Crippen LogP contribution in [-0.2, 0) is 6.54 Å². The van der Waals surface area contributed by atoms with Gasteiger partial charge in [-0.2, -0.15) is 10.2 Å². The molecule has 0 fully saturated rings. The van der Waals surface area contributed by atoms with E-state index >= 15 is 0 Å². The number of fused-ring (bicyclic) bond motifs is 1. The number of rotatable bonds is 5. The molecule has 0 aliphatic heterocycles. The molecule has 0 saturated carbocycles. The molecular weight excluding hydrogens is 410 g/mol. The van der Waals surface area contributed by atoms with Crippen molar-refractivity contribution in [2.45, 2.75) is 13.5 Å². The average Bonchev–Trinajstić information content (AvgIpc) is 3.43.